The van der Waals surface area contributed by atoms with Crippen LogP contribution in [0.3, 0.4) is 0 Å². The molecule has 0 aliphatic rings. The highest BCUT2D eigenvalue weighted by Gasteiger charge is 2.31. The van der Waals surface area contributed by atoms with Gasteiger partial charge in [0.1, 0.15) is 5.52 Å². The van der Waals surface area contributed by atoms with Crippen molar-refractivity contribution in [2.24, 2.45) is 0 Å². The molecule has 2 aromatic heterocycles. The summed E-state index contributed by atoms with van der Waals surface area (Å²) in [4.78, 5) is 7.43. The van der Waals surface area contributed by atoms with E-state index < -0.39 is 11.7 Å². The van der Waals surface area contributed by atoms with Crippen molar-refractivity contribution in [2.75, 3.05) is 5.75 Å². The largest absolute Gasteiger partial charge is 0.416 e. The van der Waals surface area contributed by atoms with Crippen molar-refractivity contribution in [3.8, 4) is 5.95 Å². The normalized spacial score (nSPS) is 13.4. The number of fused-ring (bicyclic) bond motifs is 1. The van der Waals surface area contributed by atoms with E-state index in [1.165, 1.54) is 6.07 Å². The van der Waals surface area contributed by atoms with Crippen LogP contribution < -0.4 is 4.57 Å². The van der Waals surface area contributed by atoms with Gasteiger partial charge >= 0.3 is 12.1 Å². The number of halogens is 3. The number of hydrogen-bond acceptors (Lipinski definition) is 3. The van der Waals surface area contributed by atoms with Gasteiger partial charge in [0.15, 0.2) is 5.52 Å². The molecule has 1 aromatic carbocycles. The maximum absolute atomic E-state index is 12.9. The predicted molar refractivity (Wildman–Crippen MR) is 97.7 cm³/mol. The minimum Gasteiger partial charge on any atom is -0.238 e. The van der Waals surface area contributed by atoms with Crippen LogP contribution in [0.4, 0.5) is 13.2 Å². The van der Waals surface area contributed by atoms with Crippen molar-refractivity contribution in [2.45, 2.75) is 24.8 Å². The van der Waals surface area contributed by atoms with Crippen molar-refractivity contribution in [3.05, 3.63) is 53.3 Å². The molecule has 8 heteroatoms. The minimum atomic E-state index is -4.38. The molecule has 3 aromatic rings. The first-order chi connectivity index (χ1) is 11.8. The van der Waals surface area contributed by atoms with Crippen molar-refractivity contribution < 1.29 is 17.7 Å². The van der Waals surface area contributed by atoms with E-state index in [1.807, 2.05) is 29.8 Å². The molecular weight excluding hydrogens is 367 g/mol. The molecule has 0 saturated carbocycles. The fourth-order valence-corrected chi connectivity index (χ4v) is 2.98. The Morgan fingerprint density at radius 2 is 2.04 bits per heavy atom. The summed E-state index contributed by atoms with van der Waals surface area (Å²) >= 11 is 8.76. The third-order valence-electron chi connectivity index (χ3n) is 3.99. The van der Waals surface area contributed by atoms with Crippen LogP contribution in [-0.2, 0) is 12.6 Å². The zero-order valence-electron chi connectivity index (χ0n) is 13.4. The van der Waals surface area contributed by atoms with Crippen LogP contribution in [0.2, 0.25) is 0 Å². The highest BCUT2D eigenvalue weighted by Crippen LogP contribution is 2.30. The lowest BCUT2D eigenvalue weighted by atomic mass is 10.1. The Morgan fingerprint density at radius 1 is 1.28 bits per heavy atom. The number of aromatic amines is 1. The number of H-pyrrole nitrogens is 1. The molecule has 3 rings (SSSR count). The minimum absolute atomic E-state index is 0.0666. The van der Waals surface area contributed by atoms with Gasteiger partial charge in [-0.15, -0.1) is 0 Å². The quantitative estimate of drug-likeness (QED) is 0.462. The van der Waals surface area contributed by atoms with Gasteiger partial charge in [0.05, 0.1) is 17.5 Å². The first-order valence-corrected chi connectivity index (χ1v) is 8.81. The number of benzene rings is 1. The van der Waals surface area contributed by atoms with E-state index in [2.05, 4.69) is 35.2 Å². The van der Waals surface area contributed by atoms with Gasteiger partial charge in [0.2, 0.25) is 0 Å². The molecule has 1 N–H and O–H groups in total. The van der Waals surface area contributed by atoms with E-state index in [0.29, 0.717) is 29.2 Å². The Morgan fingerprint density at radius 3 is 2.72 bits per heavy atom. The molecule has 0 fully saturated rings. The third-order valence-corrected chi connectivity index (χ3v) is 5.09. The predicted octanol–water partition coefficient (Wildman–Crippen LogP) is 3.94. The van der Waals surface area contributed by atoms with Crippen LogP contribution in [0, 0.1) is 6.92 Å². The molecule has 0 aliphatic carbocycles. The molecule has 0 radical (unpaired) electrons. The van der Waals surface area contributed by atoms with E-state index in [-0.39, 0.29) is 5.25 Å². The van der Waals surface area contributed by atoms with E-state index in [0.717, 1.165) is 23.4 Å². The fraction of sp³-hybridized carbons (Fsp3) is 0.294. The number of rotatable bonds is 4. The average molecular weight is 384 g/mol. The van der Waals surface area contributed by atoms with Crippen LogP contribution in [0.1, 0.15) is 16.8 Å². The van der Waals surface area contributed by atoms with Crippen molar-refractivity contribution in [3.63, 3.8) is 0 Å². The number of aromatic nitrogens is 3. The molecule has 1 atom stereocenters. The molecule has 0 spiro atoms. The number of imidazole rings is 1. The van der Waals surface area contributed by atoms with Crippen LogP contribution >= 0.6 is 25.3 Å². The zero-order valence-corrected chi connectivity index (χ0v) is 15.2. The monoisotopic (exact) mass is 384 g/mol. The second-order valence-corrected chi connectivity index (χ2v) is 6.93. The Hall–Kier alpha value is -1.67. The summed E-state index contributed by atoms with van der Waals surface area (Å²) in [6.07, 6.45) is -1.87. The molecule has 25 heavy (non-hydrogen) atoms. The molecule has 0 bridgehead atoms. The maximum Gasteiger partial charge on any atom is 0.416 e. The summed E-state index contributed by atoms with van der Waals surface area (Å²) in [5.41, 5.74) is 2.18. The summed E-state index contributed by atoms with van der Waals surface area (Å²) in [5.74, 6) is 1.10. The molecule has 0 aliphatic heterocycles. The molecule has 3 nitrogen and oxygen atoms in total. The summed E-state index contributed by atoms with van der Waals surface area (Å²) in [7, 11) is 0. The van der Waals surface area contributed by atoms with Crippen LogP contribution in [-0.4, -0.2) is 21.0 Å². The lowest BCUT2D eigenvalue weighted by Crippen LogP contribution is -2.39. The summed E-state index contributed by atoms with van der Waals surface area (Å²) in [5, 5.41) is 0.0666. The first-order valence-electron chi connectivity index (χ1n) is 7.66. The Kier molecular flexibility index (Phi) is 5.02. The van der Waals surface area contributed by atoms with E-state index in [1.54, 1.807) is 0 Å². The van der Waals surface area contributed by atoms with Gasteiger partial charge < -0.3 is 0 Å². The molecule has 2 heterocycles. The summed E-state index contributed by atoms with van der Waals surface area (Å²) in [6.45, 7) is 1.98. The Bertz CT molecular complexity index is 906. The smallest absolute Gasteiger partial charge is 0.238 e. The SMILES string of the molecule is Cc1ccc[n+](-c2nc3ccc(C(F)(F)F)cc3[nH]2)c1CC(S)CS. The molecule has 0 amide bonds. The number of thiol groups is 2. The molecule has 1 unspecified atom stereocenters. The highest BCUT2D eigenvalue weighted by molar-refractivity contribution is 7.84. The van der Waals surface area contributed by atoms with Gasteiger partial charge in [-0.1, -0.05) is 11.1 Å². The third kappa shape index (κ3) is 3.79. The van der Waals surface area contributed by atoms with Gasteiger partial charge in [-0.05, 0) is 36.8 Å². The Balaban J connectivity index is 2.09. The maximum atomic E-state index is 12.9. The van der Waals surface area contributed by atoms with E-state index in [9.17, 15) is 13.2 Å². The topological polar surface area (TPSA) is 32.6 Å². The van der Waals surface area contributed by atoms with E-state index in [4.69, 9.17) is 0 Å². The van der Waals surface area contributed by atoms with E-state index >= 15 is 0 Å². The van der Waals surface area contributed by atoms with Crippen LogP contribution in [0.25, 0.3) is 17.0 Å². The summed E-state index contributed by atoms with van der Waals surface area (Å²) < 4.78 is 40.5. The Labute approximate surface area is 154 Å². The molecular formula is C17H17F3N3S2+. The average Bonchev–Trinajstić information content (AvgIpc) is 2.98. The standard InChI is InChI=1S/C17H16F3N3S2/c1-10-3-2-6-23(15(10)8-12(25)9-24)16-21-13-5-4-11(17(18,19)20)7-14(13)22-16/h2-7,12H,8-9H2,1H3,(H2-,21,22,24,25)/p+1. The van der Waals surface area contributed by atoms with Gasteiger partial charge in [0.25, 0.3) is 0 Å². The molecule has 0 saturated heterocycles. The van der Waals surface area contributed by atoms with Crippen LogP contribution in [0.5, 0.6) is 0 Å². The number of hydrogen-bond donors (Lipinski definition) is 3. The van der Waals surface area contributed by atoms with Crippen LogP contribution in [0.15, 0.2) is 36.5 Å². The zero-order chi connectivity index (χ0) is 18.2. The van der Waals surface area contributed by atoms with Crippen molar-refractivity contribution in [1.82, 2.24) is 9.97 Å². The second-order valence-electron chi connectivity index (χ2n) is 5.84. The number of alkyl halides is 3. The lowest BCUT2D eigenvalue weighted by molar-refractivity contribution is -0.612. The number of nitrogens with one attached hydrogen (secondary N) is 1. The second kappa shape index (κ2) is 6.92. The van der Waals surface area contributed by atoms with Gasteiger partial charge in [0, 0.05) is 17.4 Å². The van der Waals surface area contributed by atoms with Gasteiger partial charge in [-0.25, -0.2) is 9.55 Å². The molecule has 132 valence electrons. The highest BCUT2D eigenvalue weighted by atomic mass is 32.1. The van der Waals surface area contributed by atoms with Crippen molar-refractivity contribution in [1.29, 1.82) is 0 Å². The van der Waals surface area contributed by atoms with Crippen molar-refractivity contribution >= 4 is 36.3 Å². The fourth-order valence-electron chi connectivity index (χ4n) is 2.68. The first kappa shape index (κ1) is 18.1. The number of nitrogens with zero attached hydrogens (tertiary/aromatic N) is 2. The van der Waals surface area contributed by atoms with Gasteiger partial charge in [-0.2, -0.15) is 38.4 Å². The number of pyridine rings is 1. The number of aryl methyl sites for hydroxylation is 1. The van der Waals surface area contributed by atoms with Gasteiger partial charge in [-0.3, -0.25) is 0 Å². The summed E-state index contributed by atoms with van der Waals surface area (Å²) in [6, 6.07) is 7.36. The lowest BCUT2D eigenvalue weighted by Gasteiger charge is -2.11.